The molecule has 96 valence electrons. The minimum Gasteiger partial charge on any atom is -0.367 e. The van der Waals surface area contributed by atoms with Crippen LogP contribution in [0.25, 0.3) is 5.65 Å². The number of H-pyrrole nitrogens is 1. The van der Waals surface area contributed by atoms with Crippen LogP contribution in [0.4, 0.5) is 5.82 Å². The average molecular weight is 265 g/mol. The molecule has 2 aromatic heterocycles. The fourth-order valence-electron chi connectivity index (χ4n) is 2.15. The quantitative estimate of drug-likeness (QED) is 0.869. The van der Waals surface area contributed by atoms with Gasteiger partial charge in [-0.25, -0.2) is 9.89 Å². The molecule has 1 aliphatic rings. The van der Waals surface area contributed by atoms with Crippen LogP contribution in [0.5, 0.6) is 0 Å². The molecule has 1 fully saturated rings. The Bertz CT molecular complexity index is 613. The van der Waals surface area contributed by atoms with Crippen LogP contribution < -0.4 is 11.0 Å². The van der Waals surface area contributed by atoms with Gasteiger partial charge in [0.2, 0.25) is 0 Å². The van der Waals surface area contributed by atoms with Crippen LogP contribution in [-0.2, 0) is 0 Å². The van der Waals surface area contributed by atoms with Gasteiger partial charge in [0.25, 0.3) is 0 Å². The van der Waals surface area contributed by atoms with Crippen molar-refractivity contribution in [3.8, 4) is 0 Å². The minimum atomic E-state index is -0.310. The number of hydrogen-bond acceptors (Lipinski definition) is 5. The lowest BCUT2D eigenvalue weighted by atomic mass is 10.1. The highest BCUT2D eigenvalue weighted by Gasteiger charge is 2.29. The molecule has 0 bridgehead atoms. The topological polar surface area (TPSA) is 75.1 Å². The van der Waals surface area contributed by atoms with Crippen molar-refractivity contribution in [2.45, 2.75) is 24.5 Å². The zero-order valence-electron chi connectivity index (χ0n) is 10.1. The zero-order chi connectivity index (χ0) is 12.6. The minimum absolute atomic E-state index is 0.276. The summed E-state index contributed by atoms with van der Waals surface area (Å²) in [6.45, 7) is 3.13. The number of aromatic nitrogens is 4. The molecule has 0 amide bonds. The number of nitrogens with zero attached hydrogens (tertiary/aromatic N) is 3. The lowest BCUT2D eigenvalue weighted by Gasteiger charge is -2.22. The highest BCUT2D eigenvalue weighted by Crippen LogP contribution is 2.37. The second kappa shape index (κ2) is 4.31. The van der Waals surface area contributed by atoms with E-state index >= 15 is 0 Å². The standard InChI is InChI=1S/C11H15N5OS/c1-11(5-2-6-18-11)7-12-8-3-4-9-13-14-10(17)16(9)15-8/h3-4H,2,5-7H2,1H3,(H,12,15)(H,14,17). The van der Waals surface area contributed by atoms with Gasteiger partial charge in [0, 0.05) is 11.3 Å². The van der Waals surface area contributed by atoms with E-state index in [1.165, 1.54) is 23.1 Å². The first-order chi connectivity index (χ1) is 8.66. The van der Waals surface area contributed by atoms with E-state index in [9.17, 15) is 4.79 Å². The van der Waals surface area contributed by atoms with Crippen molar-refractivity contribution in [2.24, 2.45) is 0 Å². The van der Waals surface area contributed by atoms with Crippen molar-refractivity contribution < 1.29 is 0 Å². The van der Waals surface area contributed by atoms with Crippen LogP contribution in [0.2, 0.25) is 0 Å². The van der Waals surface area contributed by atoms with Crippen molar-refractivity contribution in [3.63, 3.8) is 0 Å². The van der Waals surface area contributed by atoms with Crippen molar-refractivity contribution >= 4 is 23.2 Å². The van der Waals surface area contributed by atoms with E-state index in [4.69, 9.17) is 0 Å². The summed E-state index contributed by atoms with van der Waals surface area (Å²) in [6, 6.07) is 3.62. The summed E-state index contributed by atoms with van der Waals surface area (Å²) in [5, 5.41) is 13.7. The molecule has 1 saturated heterocycles. The molecule has 1 aliphatic heterocycles. The number of aromatic amines is 1. The van der Waals surface area contributed by atoms with Gasteiger partial charge in [0.15, 0.2) is 5.65 Å². The number of nitrogens with one attached hydrogen (secondary N) is 2. The summed E-state index contributed by atoms with van der Waals surface area (Å²) in [5.74, 6) is 1.94. The van der Waals surface area contributed by atoms with Crippen LogP contribution in [-0.4, -0.2) is 36.9 Å². The number of fused-ring (bicyclic) bond motifs is 1. The third-order valence-corrected chi connectivity index (χ3v) is 4.76. The molecule has 0 radical (unpaired) electrons. The lowest BCUT2D eigenvalue weighted by Crippen LogP contribution is -2.27. The lowest BCUT2D eigenvalue weighted by molar-refractivity contribution is 0.632. The van der Waals surface area contributed by atoms with E-state index in [0.29, 0.717) is 11.5 Å². The first-order valence-electron chi connectivity index (χ1n) is 5.99. The Morgan fingerprint density at radius 2 is 2.50 bits per heavy atom. The van der Waals surface area contributed by atoms with Gasteiger partial charge >= 0.3 is 5.69 Å². The number of hydrogen-bond donors (Lipinski definition) is 2. The van der Waals surface area contributed by atoms with E-state index in [1.807, 2.05) is 17.8 Å². The Morgan fingerprint density at radius 1 is 1.61 bits per heavy atom. The van der Waals surface area contributed by atoms with Crippen molar-refractivity contribution in [3.05, 3.63) is 22.6 Å². The Hall–Kier alpha value is -1.50. The first-order valence-corrected chi connectivity index (χ1v) is 6.97. The van der Waals surface area contributed by atoms with Gasteiger partial charge in [-0.15, -0.1) is 5.10 Å². The van der Waals surface area contributed by atoms with Gasteiger partial charge in [0.1, 0.15) is 5.82 Å². The second-order valence-corrected chi connectivity index (χ2v) is 6.46. The van der Waals surface area contributed by atoms with E-state index in [2.05, 4.69) is 27.5 Å². The molecule has 7 heteroatoms. The van der Waals surface area contributed by atoms with E-state index in [0.717, 1.165) is 6.54 Å². The maximum atomic E-state index is 11.4. The van der Waals surface area contributed by atoms with Crippen LogP contribution in [0.15, 0.2) is 16.9 Å². The molecule has 3 rings (SSSR count). The molecule has 18 heavy (non-hydrogen) atoms. The number of rotatable bonds is 3. The summed E-state index contributed by atoms with van der Waals surface area (Å²) in [4.78, 5) is 11.4. The predicted molar refractivity (Wildman–Crippen MR) is 72.2 cm³/mol. The summed E-state index contributed by atoms with van der Waals surface area (Å²) in [7, 11) is 0. The summed E-state index contributed by atoms with van der Waals surface area (Å²) in [6.07, 6.45) is 2.50. The molecule has 0 aromatic carbocycles. The van der Waals surface area contributed by atoms with Crippen molar-refractivity contribution in [2.75, 3.05) is 17.6 Å². The maximum Gasteiger partial charge on any atom is 0.364 e. The summed E-state index contributed by atoms with van der Waals surface area (Å²) in [5.41, 5.74) is 0.224. The highest BCUT2D eigenvalue weighted by atomic mass is 32.2. The Morgan fingerprint density at radius 3 is 3.28 bits per heavy atom. The SMILES string of the molecule is CC1(CNc2ccc3n[nH]c(=O)n3n2)CCCS1. The molecule has 1 atom stereocenters. The van der Waals surface area contributed by atoms with Crippen LogP contribution >= 0.6 is 11.8 Å². The van der Waals surface area contributed by atoms with E-state index in [1.54, 1.807) is 6.07 Å². The maximum absolute atomic E-state index is 11.4. The van der Waals surface area contributed by atoms with Gasteiger partial charge in [-0.1, -0.05) is 0 Å². The Labute approximate surface area is 108 Å². The predicted octanol–water partition coefficient (Wildman–Crippen LogP) is 1.12. The zero-order valence-corrected chi connectivity index (χ0v) is 11.0. The number of thioether (sulfide) groups is 1. The van der Waals surface area contributed by atoms with Gasteiger partial charge in [-0.3, -0.25) is 0 Å². The molecule has 6 nitrogen and oxygen atoms in total. The second-order valence-electron chi connectivity index (χ2n) is 4.77. The van der Waals surface area contributed by atoms with Crippen LogP contribution in [0.3, 0.4) is 0 Å². The number of anilines is 1. The largest absolute Gasteiger partial charge is 0.367 e. The molecule has 0 saturated carbocycles. The monoisotopic (exact) mass is 265 g/mol. The fraction of sp³-hybridized carbons (Fsp3) is 0.545. The molecule has 0 aliphatic carbocycles. The first kappa shape index (κ1) is 11.6. The molecule has 2 N–H and O–H groups in total. The normalized spacial score (nSPS) is 23.6. The van der Waals surface area contributed by atoms with Gasteiger partial charge in [-0.05, 0) is 37.7 Å². The molecular formula is C11H15N5OS. The smallest absolute Gasteiger partial charge is 0.364 e. The Kier molecular flexibility index (Phi) is 2.77. The molecular weight excluding hydrogens is 250 g/mol. The van der Waals surface area contributed by atoms with Gasteiger partial charge in [-0.2, -0.15) is 21.4 Å². The Balaban J connectivity index is 1.78. The summed E-state index contributed by atoms with van der Waals surface area (Å²) >= 11 is 2.00. The fourth-order valence-corrected chi connectivity index (χ4v) is 3.40. The molecule has 3 heterocycles. The third-order valence-electron chi connectivity index (χ3n) is 3.22. The molecule has 1 unspecified atom stereocenters. The summed E-state index contributed by atoms with van der Waals surface area (Å²) < 4.78 is 1.55. The molecule has 0 spiro atoms. The van der Waals surface area contributed by atoms with E-state index < -0.39 is 0 Å². The van der Waals surface area contributed by atoms with Crippen LogP contribution in [0, 0.1) is 0 Å². The van der Waals surface area contributed by atoms with Crippen LogP contribution in [0.1, 0.15) is 19.8 Å². The van der Waals surface area contributed by atoms with Gasteiger partial charge in [0.05, 0.1) is 0 Å². The van der Waals surface area contributed by atoms with E-state index in [-0.39, 0.29) is 10.4 Å². The highest BCUT2D eigenvalue weighted by molar-refractivity contribution is 8.00. The third kappa shape index (κ3) is 2.10. The van der Waals surface area contributed by atoms with Gasteiger partial charge < -0.3 is 5.32 Å². The molecule has 2 aromatic rings. The van der Waals surface area contributed by atoms with Crippen molar-refractivity contribution in [1.82, 2.24) is 19.8 Å². The van der Waals surface area contributed by atoms with Crippen molar-refractivity contribution in [1.29, 1.82) is 0 Å². The average Bonchev–Trinajstić information content (AvgIpc) is 2.95.